The molecule has 2 rings (SSSR count). The minimum Gasteiger partial charge on any atom is -0.379 e. The number of amides is 1. The van der Waals surface area contributed by atoms with E-state index in [4.69, 9.17) is 10.5 Å². The summed E-state index contributed by atoms with van der Waals surface area (Å²) in [5.74, 6) is -0.292. The van der Waals surface area contributed by atoms with Crippen LogP contribution in [-0.4, -0.2) is 49.7 Å². The Morgan fingerprint density at radius 2 is 1.88 bits per heavy atom. The summed E-state index contributed by atoms with van der Waals surface area (Å²) in [5.41, 5.74) is 5.57. The Morgan fingerprint density at radius 3 is 2.38 bits per heavy atom. The molecule has 0 aromatic heterocycles. The fourth-order valence-corrected chi connectivity index (χ4v) is 2.60. The lowest BCUT2D eigenvalue weighted by molar-refractivity contribution is -0.137. The molecule has 24 heavy (non-hydrogen) atoms. The molecule has 1 fully saturated rings. The maximum Gasteiger partial charge on any atom is 0.416 e. The molecule has 0 saturated carbocycles. The molecule has 3 N–H and O–H groups in total. The van der Waals surface area contributed by atoms with Crippen LogP contribution in [0, 0.1) is 0 Å². The highest BCUT2D eigenvalue weighted by atomic mass is 19.4. The molecule has 134 valence electrons. The second-order valence-corrected chi connectivity index (χ2v) is 5.82. The Balaban J connectivity index is 2.16. The van der Waals surface area contributed by atoms with Crippen molar-refractivity contribution in [3.8, 4) is 0 Å². The standard InChI is InChI=1S/C16H22F3N3O2/c1-11(20)15(23)21-10-14(22-6-8-24-9-7-22)12-2-4-13(5-3-12)16(17,18)19/h2-5,11,14H,6-10,20H2,1H3,(H,21,23)/t11-,14?/m1/s1. The fraction of sp³-hybridized carbons (Fsp3) is 0.562. The molecule has 1 saturated heterocycles. The van der Waals surface area contributed by atoms with Crippen LogP contribution in [0.1, 0.15) is 24.1 Å². The van der Waals surface area contributed by atoms with Crippen molar-refractivity contribution in [2.45, 2.75) is 25.2 Å². The quantitative estimate of drug-likeness (QED) is 0.850. The van der Waals surface area contributed by atoms with Gasteiger partial charge in [0.25, 0.3) is 0 Å². The summed E-state index contributed by atoms with van der Waals surface area (Å²) in [6.45, 7) is 4.28. The number of halogens is 3. The van der Waals surface area contributed by atoms with Gasteiger partial charge in [0.15, 0.2) is 0 Å². The van der Waals surface area contributed by atoms with Crippen LogP contribution in [0.4, 0.5) is 13.2 Å². The number of morpholine rings is 1. The van der Waals surface area contributed by atoms with Gasteiger partial charge in [0.05, 0.1) is 30.9 Å². The molecule has 0 radical (unpaired) electrons. The Bertz CT molecular complexity index is 540. The lowest BCUT2D eigenvalue weighted by Crippen LogP contribution is -2.46. The Hall–Kier alpha value is -1.64. The van der Waals surface area contributed by atoms with Crippen molar-refractivity contribution in [3.63, 3.8) is 0 Å². The summed E-state index contributed by atoms with van der Waals surface area (Å²) in [6.07, 6.45) is -4.36. The lowest BCUT2D eigenvalue weighted by atomic mass is 10.0. The Morgan fingerprint density at radius 1 is 1.29 bits per heavy atom. The highest BCUT2D eigenvalue weighted by Crippen LogP contribution is 2.31. The van der Waals surface area contributed by atoms with Crippen molar-refractivity contribution in [1.29, 1.82) is 0 Å². The van der Waals surface area contributed by atoms with Crippen LogP contribution in [0.15, 0.2) is 24.3 Å². The molecule has 1 aliphatic heterocycles. The number of hydrogen-bond donors (Lipinski definition) is 2. The third-order valence-electron chi connectivity index (χ3n) is 3.99. The second kappa shape index (κ2) is 7.96. The number of hydrogen-bond acceptors (Lipinski definition) is 4. The van der Waals surface area contributed by atoms with Gasteiger partial charge in [0.1, 0.15) is 0 Å². The highest BCUT2D eigenvalue weighted by molar-refractivity contribution is 5.80. The number of nitrogens with one attached hydrogen (secondary N) is 1. The maximum absolute atomic E-state index is 12.7. The van der Waals surface area contributed by atoms with Gasteiger partial charge in [-0.25, -0.2) is 0 Å². The van der Waals surface area contributed by atoms with E-state index in [0.29, 0.717) is 26.3 Å². The molecule has 1 amide bonds. The number of carbonyl (C=O) groups is 1. The first-order valence-electron chi connectivity index (χ1n) is 7.81. The van der Waals surface area contributed by atoms with Crippen LogP contribution >= 0.6 is 0 Å². The van der Waals surface area contributed by atoms with Crippen molar-refractivity contribution in [1.82, 2.24) is 10.2 Å². The van der Waals surface area contributed by atoms with Crippen molar-refractivity contribution in [2.75, 3.05) is 32.8 Å². The largest absolute Gasteiger partial charge is 0.416 e. The number of nitrogens with zero attached hydrogens (tertiary/aromatic N) is 1. The van der Waals surface area contributed by atoms with E-state index in [0.717, 1.165) is 17.7 Å². The minimum atomic E-state index is -4.36. The molecular formula is C16H22F3N3O2. The first kappa shape index (κ1) is 18.7. The van der Waals surface area contributed by atoms with Gasteiger partial charge >= 0.3 is 6.18 Å². The molecule has 8 heteroatoms. The van der Waals surface area contributed by atoms with E-state index in [1.54, 1.807) is 6.92 Å². The van der Waals surface area contributed by atoms with Gasteiger partial charge in [-0.1, -0.05) is 12.1 Å². The smallest absolute Gasteiger partial charge is 0.379 e. The van der Waals surface area contributed by atoms with E-state index in [9.17, 15) is 18.0 Å². The van der Waals surface area contributed by atoms with Crippen LogP contribution in [0.5, 0.6) is 0 Å². The third-order valence-corrected chi connectivity index (χ3v) is 3.99. The molecule has 0 aliphatic carbocycles. The molecule has 2 atom stereocenters. The Kier molecular flexibility index (Phi) is 6.20. The zero-order valence-corrected chi connectivity index (χ0v) is 13.5. The number of nitrogens with two attached hydrogens (primary N) is 1. The maximum atomic E-state index is 12.7. The van der Waals surface area contributed by atoms with Crippen LogP contribution < -0.4 is 11.1 Å². The predicted molar refractivity (Wildman–Crippen MR) is 83.2 cm³/mol. The molecule has 1 heterocycles. The lowest BCUT2D eigenvalue weighted by Gasteiger charge is -2.35. The van der Waals surface area contributed by atoms with Gasteiger partial charge in [-0.3, -0.25) is 9.69 Å². The van der Waals surface area contributed by atoms with Crippen LogP contribution in [-0.2, 0) is 15.7 Å². The van der Waals surface area contributed by atoms with Crippen molar-refractivity contribution >= 4 is 5.91 Å². The molecular weight excluding hydrogens is 323 g/mol. The average molecular weight is 345 g/mol. The second-order valence-electron chi connectivity index (χ2n) is 5.82. The van der Waals surface area contributed by atoms with Crippen LogP contribution in [0.25, 0.3) is 0 Å². The van der Waals surface area contributed by atoms with Crippen molar-refractivity contribution in [2.24, 2.45) is 5.73 Å². The molecule has 1 aliphatic rings. The van der Waals surface area contributed by atoms with Gasteiger partial charge < -0.3 is 15.8 Å². The van der Waals surface area contributed by atoms with Gasteiger partial charge in [0.2, 0.25) is 5.91 Å². The van der Waals surface area contributed by atoms with E-state index in [1.165, 1.54) is 12.1 Å². The molecule has 1 aromatic rings. The fourth-order valence-electron chi connectivity index (χ4n) is 2.60. The van der Waals surface area contributed by atoms with E-state index in [1.807, 2.05) is 0 Å². The first-order valence-corrected chi connectivity index (χ1v) is 7.81. The van der Waals surface area contributed by atoms with Crippen LogP contribution in [0.3, 0.4) is 0 Å². The van der Waals surface area contributed by atoms with E-state index < -0.39 is 17.8 Å². The zero-order chi connectivity index (χ0) is 17.7. The molecule has 0 bridgehead atoms. The summed E-state index contributed by atoms with van der Waals surface area (Å²) < 4.78 is 43.5. The highest BCUT2D eigenvalue weighted by Gasteiger charge is 2.31. The minimum absolute atomic E-state index is 0.223. The van der Waals surface area contributed by atoms with Crippen molar-refractivity contribution < 1.29 is 22.7 Å². The number of rotatable bonds is 5. The molecule has 0 spiro atoms. The average Bonchev–Trinajstić information content (AvgIpc) is 2.55. The zero-order valence-electron chi connectivity index (χ0n) is 13.5. The SMILES string of the molecule is C[C@@H](N)C(=O)NCC(c1ccc(C(F)(F)F)cc1)N1CCOCC1. The van der Waals surface area contributed by atoms with E-state index in [2.05, 4.69) is 10.2 Å². The molecule has 1 unspecified atom stereocenters. The monoisotopic (exact) mass is 345 g/mol. The molecule has 5 nitrogen and oxygen atoms in total. The summed E-state index contributed by atoms with van der Waals surface area (Å²) in [6, 6.07) is 4.19. The Labute approximate surface area is 138 Å². The van der Waals surface area contributed by atoms with Gasteiger partial charge in [-0.15, -0.1) is 0 Å². The number of carbonyl (C=O) groups excluding carboxylic acids is 1. The topological polar surface area (TPSA) is 67.6 Å². The van der Waals surface area contributed by atoms with Gasteiger partial charge in [0, 0.05) is 19.6 Å². The summed E-state index contributed by atoms with van der Waals surface area (Å²) in [4.78, 5) is 13.8. The number of benzene rings is 1. The number of ether oxygens (including phenoxy) is 1. The summed E-state index contributed by atoms with van der Waals surface area (Å²) in [5, 5.41) is 2.75. The van der Waals surface area contributed by atoms with E-state index >= 15 is 0 Å². The van der Waals surface area contributed by atoms with Gasteiger partial charge in [-0.05, 0) is 24.6 Å². The third kappa shape index (κ3) is 4.93. The summed E-state index contributed by atoms with van der Waals surface area (Å²) >= 11 is 0. The van der Waals surface area contributed by atoms with E-state index in [-0.39, 0.29) is 18.5 Å². The normalized spacial score (nSPS) is 18.9. The first-order chi connectivity index (χ1) is 11.3. The number of alkyl halides is 3. The summed E-state index contributed by atoms with van der Waals surface area (Å²) in [7, 11) is 0. The predicted octanol–water partition coefficient (Wildman–Crippen LogP) is 1.54. The van der Waals surface area contributed by atoms with Gasteiger partial charge in [-0.2, -0.15) is 13.2 Å². The van der Waals surface area contributed by atoms with Crippen molar-refractivity contribution in [3.05, 3.63) is 35.4 Å². The molecule has 1 aromatic carbocycles. The van der Waals surface area contributed by atoms with Crippen LogP contribution in [0.2, 0.25) is 0 Å².